The maximum atomic E-state index is 13.9. The molecule has 27 heavy (non-hydrogen) atoms. The standard InChI is InChI=1S/C20H19Cl3FNO2/c1-12(15-10-18(24)17(23)11-16(15)22)25-19(26)20(5-7-27-8-6-20)13-3-2-4-14(21)9-13/h2-4,9-12H,5-8H2,1H3,(H,25,26). The van der Waals surface area contributed by atoms with Crippen molar-refractivity contribution in [1.82, 2.24) is 5.32 Å². The van der Waals surface area contributed by atoms with E-state index >= 15 is 0 Å². The van der Waals surface area contributed by atoms with Crippen molar-refractivity contribution in [3.8, 4) is 0 Å². The Kier molecular flexibility index (Phi) is 6.32. The van der Waals surface area contributed by atoms with Gasteiger partial charge >= 0.3 is 0 Å². The molecule has 1 aliphatic rings. The molecular formula is C20H19Cl3FNO2. The molecule has 144 valence electrons. The molecule has 1 amide bonds. The molecule has 1 heterocycles. The van der Waals surface area contributed by atoms with Crippen LogP contribution in [0.1, 0.15) is 36.9 Å². The monoisotopic (exact) mass is 429 g/mol. The first-order chi connectivity index (χ1) is 12.8. The minimum atomic E-state index is -0.755. The highest BCUT2D eigenvalue weighted by molar-refractivity contribution is 6.35. The lowest BCUT2D eigenvalue weighted by Crippen LogP contribution is -2.48. The summed E-state index contributed by atoms with van der Waals surface area (Å²) in [4.78, 5) is 13.3. The molecule has 1 saturated heterocycles. The van der Waals surface area contributed by atoms with E-state index in [0.717, 1.165) is 5.56 Å². The highest BCUT2D eigenvalue weighted by Gasteiger charge is 2.42. The van der Waals surface area contributed by atoms with E-state index in [1.54, 1.807) is 13.0 Å². The summed E-state index contributed by atoms with van der Waals surface area (Å²) in [7, 11) is 0. The number of ether oxygens (including phenoxy) is 1. The van der Waals surface area contributed by atoms with Crippen LogP contribution in [0.25, 0.3) is 0 Å². The van der Waals surface area contributed by atoms with Crippen LogP contribution in [0, 0.1) is 5.82 Å². The quantitative estimate of drug-likeness (QED) is 0.631. The van der Waals surface area contributed by atoms with Gasteiger partial charge in [-0.25, -0.2) is 4.39 Å². The maximum Gasteiger partial charge on any atom is 0.231 e. The summed E-state index contributed by atoms with van der Waals surface area (Å²) in [6, 6.07) is 9.42. The molecule has 0 bridgehead atoms. The molecule has 1 atom stereocenters. The summed E-state index contributed by atoms with van der Waals surface area (Å²) in [6.07, 6.45) is 1.07. The van der Waals surface area contributed by atoms with Crippen molar-refractivity contribution in [3.05, 3.63) is 68.4 Å². The number of carbonyl (C=O) groups is 1. The van der Waals surface area contributed by atoms with Crippen molar-refractivity contribution in [2.45, 2.75) is 31.2 Å². The fourth-order valence-corrected chi connectivity index (χ4v) is 4.17. The van der Waals surface area contributed by atoms with Gasteiger partial charge in [0.25, 0.3) is 0 Å². The lowest BCUT2D eigenvalue weighted by Gasteiger charge is -2.37. The van der Waals surface area contributed by atoms with Gasteiger partial charge in [0, 0.05) is 23.3 Å². The van der Waals surface area contributed by atoms with Gasteiger partial charge in [-0.3, -0.25) is 4.79 Å². The third-order valence-electron chi connectivity index (χ3n) is 5.01. The van der Waals surface area contributed by atoms with E-state index in [1.807, 2.05) is 18.2 Å². The molecule has 0 radical (unpaired) electrons. The van der Waals surface area contributed by atoms with Crippen LogP contribution in [-0.2, 0) is 14.9 Å². The number of hydrogen-bond donors (Lipinski definition) is 1. The van der Waals surface area contributed by atoms with Gasteiger partial charge in [-0.1, -0.05) is 46.9 Å². The lowest BCUT2D eigenvalue weighted by atomic mass is 9.73. The molecule has 1 N–H and O–H groups in total. The van der Waals surface area contributed by atoms with E-state index in [0.29, 0.717) is 41.7 Å². The highest BCUT2D eigenvalue weighted by Crippen LogP contribution is 2.37. The van der Waals surface area contributed by atoms with Gasteiger partial charge in [0.2, 0.25) is 5.91 Å². The Morgan fingerprint density at radius 1 is 1.15 bits per heavy atom. The van der Waals surface area contributed by atoms with Gasteiger partial charge in [-0.2, -0.15) is 0 Å². The third-order valence-corrected chi connectivity index (χ3v) is 5.86. The zero-order valence-electron chi connectivity index (χ0n) is 14.7. The largest absolute Gasteiger partial charge is 0.381 e. The van der Waals surface area contributed by atoms with Crippen molar-refractivity contribution < 1.29 is 13.9 Å². The minimum absolute atomic E-state index is 0.0536. The molecule has 0 saturated carbocycles. The summed E-state index contributed by atoms with van der Waals surface area (Å²) in [5, 5.41) is 3.80. The highest BCUT2D eigenvalue weighted by atomic mass is 35.5. The Hall–Kier alpha value is -1.33. The van der Waals surface area contributed by atoms with Crippen molar-refractivity contribution in [2.75, 3.05) is 13.2 Å². The topological polar surface area (TPSA) is 38.3 Å². The van der Waals surface area contributed by atoms with Crippen LogP contribution < -0.4 is 5.32 Å². The van der Waals surface area contributed by atoms with E-state index < -0.39 is 17.3 Å². The average molecular weight is 431 g/mol. The molecule has 2 aromatic carbocycles. The van der Waals surface area contributed by atoms with Crippen LogP contribution in [0.3, 0.4) is 0 Å². The molecule has 0 spiro atoms. The molecular weight excluding hydrogens is 412 g/mol. The van der Waals surface area contributed by atoms with Gasteiger partial charge in [0.05, 0.1) is 16.5 Å². The van der Waals surface area contributed by atoms with Crippen LogP contribution in [0.4, 0.5) is 4.39 Å². The van der Waals surface area contributed by atoms with E-state index in [1.165, 1.54) is 12.1 Å². The fraction of sp³-hybridized carbons (Fsp3) is 0.350. The third kappa shape index (κ3) is 4.24. The minimum Gasteiger partial charge on any atom is -0.381 e. The predicted octanol–water partition coefficient (Wildman–Crippen LogP) is 5.71. The predicted molar refractivity (Wildman–Crippen MR) is 106 cm³/mol. The first-order valence-corrected chi connectivity index (χ1v) is 9.76. The summed E-state index contributed by atoms with van der Waals surface area (Å²) >= 11 is 18.1. The molecule has 2 aromatic rings. The summed E-state index contributed by atoms with van der Waals surface area (Å²) < 4.78 is 19.3. The van der Waals surface area contributed by atoms with Gasteiger partial charge in [0.15, 0.2) is 0 Å². The molecule has 0 aliphatic carbocycles. The Bertz CT molecular complexity index is 853. The van der Waals surface area contributed by atoms with E-state index in [-0.39, 0.29) is 10.9 Å². The number of rotatable bonds is 4. The second-order valence-electron chi connectivity index (χ2n) is 6.69. The van der Waals surface area contributed by atoms with Crippen molar-refractivity contribution in [1.29, 1.82) is 0 Å². The Labute approximate surface area is 172 Å². The molecule has 3 nitrogen and oxygen atoms in total. The number of nitrogens with one attached hydrogen (secondary N) is 1. The van der Waals surface area contributed by atoms with E-state index in [4.69, 9.17) is 39.5 Å². The summed E-state index contributed by atoms with van der Waals surface area (Å²) in [5.74, 6) is -0.736. The second-order valence-corrected chi connectivity index (χ2v) is 7.94. The number of carbonyl (C=O) groups excluding carboxylic acids is 1. The van der Waals surface area contributed by atoms with Crippen LogP contribution >= 0.6 is 34.8 Å². The Morgan fingerprint density at radius 2 is 1.85 bits per heavy atom. The number of halogens is 4. The maximum absolute atomic E-state index is 13.9. The van der Waals surface area contributed by atoms with Crippen LogP contribution in [0.5, 0.6) is 0 Å². The van der Waals surface area contributed by atoms with Crippen LogP contribution in [0.15, 0.2) is 36.4 Å². The zero-order chi connectivity index (χ0) is 19.6. The number of benzene rings is 2. The van der Waals surface area contributed by atoms with Crippen LogP contribution in [-0.4, -0.2) is 19.1 Å². The molecule has 3 rings (SSSR count). The van der Waals surface area contributed by atoms with E-state index in [2.05, 4.69) is 5.32 Å². The van der Waals surface area contributed by atoms with Gasteiger partial charge in [-0.05, 0) is 55.2 Å². The molecule has 7 heteroatoms. The van der Waals surface area contributed by atoms with Gasteiger partial charge in [-0.15, -0.1) is 0 Å². The zero-order valence-corrected chi connectivity index (χ0v) is 17.0. The Balaban J connectivity index is 1.90. The molecule has 1 fully saturated rings. The van der Waals surface area contributed by atoms with Gasteiger partial charge < -0.3 is 10.1 Å². The first-order valence-electron chi connectivity index (χ1n) is 8.63. The summed E-state index contributed by atoms with van der Waals surface area (Å²) in [6.45, 7) is 2.72. The fourth-order valence-electron chi connectivity index (χ4n) is 3.44. The average Bonchev–Trinajstić information content (AvgIpc) is 2.65. The summed E-state index contributed by atoms with van der Waals surface area (Å²) in [5.41, 5.74) is 0.561. The van der Waals surface area contributed by atoms with E-state index in [9.17, 15) is 9.18 Å². The molecule has 0 aromatic heterocycles. The number of amides is 1. The second kappa shape index (κ2) is 8.36. The Morgan fingerprint density at radius 3 is 2.52 bits per heavy atom. The van der Waals surface area contributed by atoms with Gasteiger partial charge in [0.1, 0.15) is 5.82 Å². The molecule has 1 unspecified atom stereocenters. The van der Waals surface area contributed by atoms with Crippen molar-refractivity contribution in [3.63, 3.8) is 0 Å². The van der Waals surface area contributed by atoms with Crippen molar-refractivity contribution in [2.24, 2.45) is 0 Å². The molecule has 1 aliphatic heterocycles. The smallest absolute Gasteiger partial charge is 0.231 e. The van der Waals surface area contributed by atoms with Crippen LogP contribution in [0.2, 0.25) is 15.1 Å². The normalized spacial score (nSPS) is 17.4. The first kappa shape index (κ1) is 20.4. The number of hydrogen-bond acceptors (Lipinski definition) is 2. The lowest BCUT2D eigenvalue weighted by molar-refractivity contribution is -0.131. The SMILES string of the molecule is CC(NC(=O)C1(c2cccc(Cl)c2)CCOCC1)c1cc(F)c(Cl)cc1Cl. The van der Waals surface area contributed by atoms with Crippen molar-refractivity contribution >= 4 is 40.7 Å².